The zero-order valence-corrected chi connectivity index (χ0v) is 9.29. The summed E-state index contributed by atoms with van der Waals surface area (Å²) in [5.41, 5.74) is 5.70. The molecule has 0 spiro atoms. The van der Waals surface area contributed by atoms with E-state index in [2.05, 4.69) is 19.2 Å². The molecule has 3 N–H and O–H groups in total. The molecule has 0 rings (SSSR count). The second-order valence-corrected chi connectivity index (χ2v) is 4.31. The molecule has 13 heavy (non-hydrogen) atoms. The lowest BCUT2D eigenvalue weighted by molar-refractivity contribution is -0.124. The van der Waals surface area contributed by atoms with Crippen molar-refractivity contribution >= 4 is 5.91 Å². The van der Waals surface area contributed by atoms with Gasteiger partial charge in [-0.2, -0.15) is 0 Å². The van der Waals surface area contributed by atoms with Crippen LogP contribution in [0.1, 0.15) is 34.6 Å². The van der Waals surface area contributed by atoms with E-state index in [4.69, 9.17) is 5.73 Å². The van der Waals surface area contributed by atoms with Crippen LogP contribution in [-0.4, -0.2) is 18.0 Å². The number of nitrogens with one attached hydrogen (secondary N) is 1. The summed E-state index contributed by atoms with van der Waals surface area (Å²) in [6.07, 6.45) is 0. The Balaban J connectivity index is 4.00. The molecule has 0 heterocycles. The average Bonchev–Trinajstić information content (AvgIpc) is 2.02. The van der Waals surface area contributed by atoms with E-state index < -0.39 is 0 Å². The molecule has 0 aliphatic carbocycles. The first-order valence-electron chi connectivity index (χ1n) is 4.92. The molecule has 1 amide bonds. The highest BCUT2D eigenvalue weighted by molar-refractivity contribution is 5.81. The second-order valence-electron chi connectivity index (χ2n) is 4.31. The number of amides is 1. The number of rotatable bonds is 4. The van der Waals surface area contributed by atoms with Crippen LogP contribution in [0.2, 0.25) is 0 Å². The Labute approximate surface area is 81.1 Å². The van der Waals surface area contributed by atoms with Gasteiger partial charge < -0.3 is 11.1 Å². The monoisotopic (exact) mass is 186 g/mol. The number of carbonyl (C=O) groups excluding carboxylic acids is 1. The van der Waals surface area contributed by atoms with Crippen LogP contribution in [0.5, 0.6) is 0 Å². The molecule has 0 aliphatic heterocycles. The summed E-state index contributed by atoms with van der Waals surface area (Å²) in [7, 11) is 0. The number of nitrogens with two attached hydrogens (primary N) is 1. The highest BCUT2D eigenvalue weighted by Gasteiger charge is 2.19. The fourth-order valence-electron chi connectivity index (χ4n) is 0.790. The molecule has 0 aromatic rings. The maximum absolute atomic E-state index is 11.5. The Bertz CT molecular complexity index is 166. The van der Waals surface area contributed by atoms with E-state index >= 15 is 0 Å². The molecule has 1 unspecified atom stereocenters. The lowest BCUT2D eigenvalue weighted by Crippen LogP contribution is -2.48. The zero-order chi connectivity index (χ0) is 10.6. The van der Waals surface area contributed by atoms with Gasteiger partial charge in [0.2, 0.25) is 5.91 Å². The maximum atomic E-state index is 11.5. The molecule has 78 valence electrons. The van der Waals surface area contributed by atoms with Crippen molar-refractivity contribution in [3.63, 3.8) is 0 Å². The fraction of sp³-hybridized carbons (Fsp3) is 0.900. The van der Waals surface area contributed by atoms with Crippen LogP contribution in [0.15, 0.2) is 0 Å². The van der Waals surface area contributed by atoms with Gasteiger partial charge in [-0.3, -0.25) is 4.79 Å². The van der Waals surface area contributed by atoms with Gasteiger partial charge in [-0.25, -0.2) is 0 Å². The Morgan fingerprint density at radius 2 is 1.54 bits per heavy atom. The van der Waals surface area contributed by atoms with Gasteiger partial charge in [0, 0.05) is 6.04 Å². The van der Waals surface area contributed by atoms with E-state index in [0.717, 1.165) is 0 Å². The van der Waals surface area contributed by atoms with Crippen LogP contribution >= 0.6 is 0 Å². The normalized spacial score (nSPS) is 16.0. The molecular formula is C10H22N2O. The molecular weight excluding hydrogens is 164 g/mol. The van der Waals surface area contributed by atoms with Crippen molar-refractivity contribution in [3.8, 4) is 0 Å². The Morgan fingerprint density at radius 1 is 1.08 bits per heavy atom. The summed E-state index contributed by atoms with van der Waals surface area (Å²) >= 11 is 0. The predicted octanol–water partition coefficient (Wildman–Crippen LogP) is 1.13. The minimum atomic E-state index is -0.388. The Kier molecular flexibility index (Phi) is 4.99. The van der Waals surface area contributed by atoms with E-state index in [1.54, 1.807) is 0 Å². The zero-order valence-electron chi connectivity index (χ0n) is 9.29. The molecule has 3 nitrogen and oxygen atoms in total. The second kappa shape index (κ2) is 5.22. The molecule has 3 heteroatoms. The highest BCUT2D eigenvalue weighted by Crippen LogP contribution is 2.02. The van der Waals surface area contributed by atoms with Crippen molar-refractivity contribution in [1.82, 2.24) is 5.32 Å². The maximum Gasteiger partial charge on any atom is 0.237 e. The Morgan fingerprint density at radius 3 is 1.85 bits per heavy atom. The molecule has 0 saturated heterocycles. The molecule has 0 radical (unpaired) electrons. The van der Waals surface area contributed by atoms with E-state index in [1.165, 1.54) is 0 Å². The summed E-state index contributed by atoms with van der Waals surface area (Å²) in [6.45, 7) is 10.0. The summed E-state index contributed by atoms with van der Waals surface area (Å²) in [6, 6.07) is -0.196. The van der Waals surface area contributed by atoms with Gasteiger partial charge in [0.1, 0.15) is 0 Å². The third-order valence-electron chi connectivity index (χ3n) is 2.39. The topological polar surface area (TPSA) is 55.1 Å². The summed E-state index contributed by atoms with van der Waals surface area (Å²) in [4.78, 5) is 11.5. The lowest BCUT2D eigenvalue weighted by Gasteiger charge is -2.21. The van der Waals surface area contributed by atoms with Crippen molar-refractivity contribution in [2.24, 2.45) is 17.6 Å². The predicted molar refractivity (Wildman–Crippen MR) is 55.3 cm³/mol. The van der Waals surface area contributed by atoms with E-state index in [9.17, 15) is 4.79 Å². The van der Waals surface area contributed by atoms with Gasteiger partial charge in [-0.15, -0.1) is 0 Å². The minimum Gasteiger partial charge on any atom is -0.352 e. The van der Waals surface area contributed by atoms with Crippen molar-refractivity contribution in [2.75, 3.05) is 0 Å². The molecule has 0 aromatic carbocycles. The van der Waals surface area contributed by atoms with E-state index in [0.29, 0.717) is 5.92 Å². The van der Waals surface area contributed by atoms with Crippen LogP contribution in [0, 0.1) is 11.8 Å². The van der Waals surface area contributed by atoms with Gasteiger partial charge in [0.05, 0.1) is 6.04 Å². The van der Waals surface area contributed by atoms with Gasteiger partial charge in [0.25, 0.3) is 0 Å². The quantitative estimate of drug-likeness (QED) is 0.691. The molecule has 0 aliphatic rings. The summed E-state index contributed by atoms with van der Waals surface area (Å²) in [5.74, 6) is 0.596. The first-order valence-corrected chi connectivity index (χ1v) is 4.92. The van der Waals surface area contributed by atoms with Gasteiger partial charge >= 0.3 is 0 Å². The van der Waals surface area contributed by atoms with Gasteiger partial charge in [-0.05, 0) is 18.8 Å². The smallest absolute Gasteiger partial charge is 0.237 e. The third kappa shape index (κ3) is 4.27. The van der Waals surface area contributed by atoms with Crippen molar-refractivity contribution in [1.29, 1.82) is 0 Å². The lowest BCUT2D eigenvalue weighted by atomic mass is 10.0. The minimum absolute atomic E-state index is 0.0452. The standard InChI is InChI=1S/C10H22N2O/c1-6(2)8(5)12-10(13)9(11)7(3)4/h6-9H,11H2,1-5H3,(H,12,13)/t8?,9-/m1/s1. The number of hydrogen-bond donors (Lipinski definition) is 2. The van der Waals surface area contributed by atoms with Crippen molar-refractivity contribution in [3.05, 3.63) is 0 Å². The van der Waals surface area contributed by atoms with Crippen LogP contribution in [0.4, 0.5) is 0 Å². The largest absolute Gasteiger partial charge is 0.352 e. The van der Waals surface area contributed by atoms with E-state index in [-0.39, 0.29) is 23.9 Å². The molecule has 2 atom stereocenters. The molecule has 0 fully saturated rings. The van der Waals surface area contributed by atoms with Crippen LogP contribution in [0.3, 0.4) is 0 Å². The van der Waals surface area contributed by atoms with Crippen LogP contribution < -0.4 is 11.1 Å². The van der Waals surface area contributed by atoms with E-state index in [1.807, 2.05) is 20.8 Å². The average molecular weight is 186 g/mol. The first-order chi connectivity index (χ1) is 5.86. The van der Waals surface area contributed by atoms with Gasteiger partial charge in [-0.1, -0.05) is 27.7 Å². The SMILES string of the molecule is CC(C)C(C)NC(=O)[C@H](N)C(C)C. The molecule has 0 bridgehead atoms. The van der Waals surface area contributed by atoms with Crippen molar-refractivity contribution in [2.45, 2.75) is 46.7 Å². The third-order valence-corrected chi connectivity index (χ3v) is 2.39. The first kappa shape index (κ1) is 12.4. The fourth-order valence-corrected chi connectivity index (χ4v) is 0.790. The number of hydrogen-bond acceptors (Lipinski definition) is 2. The van der Waals surface area contributed by atoms with Gasteiger partial charge in [0.15, 0.2) is 0 Å². The number of carbonyl (C=O) groups is 1. The summed E-state index contributed by atoms with van der Waals surface area (Å²) in [5, 5.41) is 2.90. The van der Waals surface area contributed by atoms with Crippen molar-refractivity contribution < 1.29 is 4.79 Å². The Hall–Kier alpha value is -0.570. The summed E-state index contributed by atoms with van der Waals surface area (Å²) < 4.78 is 0. The highest BCUT2D eigenvalue weighted by atomic mass is 16.2. The van der Waals surface area contributed by atoms with Crippen LogP contribution in [0.25, 0.3) is 0 Å². The molecule has 0 aromatic heterocycles. The molecule has 0 saturated carbocycles. The van der Waals surface area contributed by atoms with Crippen LogP contribution in [-0.2, 0) is 4.79 Å².